The molecule has 1 aromatic carbocycles. The van der Waals surface area contributed by atoms with Crippen LogP contribution in [0.5, 0.6) is 0 Å². The number of carbonyl (C=O) groups excluding carboxylic acids is 1. The molecule has 0 atom stereocenters. The van der Waals surface area contributed by atoms with E-state index in [0.717, 1.165) is 10.6 Å². The van der Waals surface area contributed by atoms with Crippen molar-refractivity contribution in [3.8, 4) is 11.5 Å². The number of amides is 1. The van der Waals surface area contributed by atoms with Crippen molar-refractivity contribution in [2.75, 3.05) is 13.2 Å². The van der Waals surface area contributed by atoms with E-state index in [0.29, 0.717) is 31.3 Å². The number of ether oxygens (including phenoxy) is 1. The Morgan fingerprint density at radius 3 is 2.81 bits per heavy atom. The maximum absolute atomic E-state index is 12.1. The van der Waals surface area contributed by atoms with Crippen molar-refractivity contribution in [3.63, 3.8) is 0 Å². The van der Waals surface area contributed by atoms with Crippen molar-refractivity contribution >= 4 is 17.2 Å². The van der Waals surface area contributed by atoms with Gasteiger partial charge in [-0.25, -0.2) is 9.97 Å². The number of rotatable bonds is 7. The van der Waals surface area contributed by atoms with Crippen molar-refractivity contribution in [1.82, 2.24) is 20.3 Å². The molecular weight excluding hydrogens is 352 g/mol. The average molecular weight is 370 g/mol. The third kappa shape index (κ3) is 4.62. The minimum absolute atomic E-state index is 0.0382. The minimum atomic E-state index is -0.497. The lowest BCUT2D eigenvalue weighted by molar-refractivity contribution is 0.0899. The molecule has 0 spiro atoms. The number of benzene rings is 1. The first-order chi connectivity index (χ1) is 12.6. The fraction of sp³-hybridized carbons (Fsp3) is 0.222. The highest BCUT2D eigenvalue weighted by atomic mass is 32.1. The van der Waals surface area contributed by atoms with Gasteiger partial charge < -0.3 is 15.0 Å². The van der Waals surface area contributed by atoms with E-state index in [4.69, 9.17) is 4.74 Å². The van der Waals surface area contributed by atoms with Gasteiger partial charge in [0.1, 0.15) is 11.3 Å². The Labute approximate surface area is 154 Å². The smallest absolute Gasteiger partial charge is 0.264 e. The van der Waals surface area contributed by atoms with Crippen LogP contribution in [0.4, 0.5) is 0 Å². The Bertz CT molecular complexity index is 937. The highest BCUT2D eigenvalue weighted by molar-refractivity contribution is 7.09. The molecule has 26 heavy (non-hydrogen) atoms. The molecule has 0 fully saturated rings. The zero-order valence-corrected chi connectivity index (χ0v) is 15.0. The van der Waals surface area contributed by atoms with Crippen LogP contribution in [0.25, 0.3) is 11.5 Å². The van der Waals surface area contributed by atoms with Gasteiger partial charge in [-0.15, -0.1) is 11.3 Å². The molecule has 2 aromatic heterocycles. The number of thiazole rings is 1. The standard InChI is InChI=1S/C18H18N4O3S/c1-12-21-15(11-26-12)16-20-9-14(18(24)22-16)17(23)19-7-8-25-10-13-5-3-2-4-6-13/h2-6,9,11H,7-8,10H2,1H3,(H,19,23)(H,20,22,24). The molecule has 0 saturated carbocycles. The van der Waals surface area contributed by atoms with E-state index in [-0.39, 0.29) is 5.56 Å². The molecule has 0 bridgehead atoms. The Morgan fingerprint density at radius 2 is 2.12 bits per heavy atom. The average Bonchev–Trinajstić information content (AvgIpc) is 3.08. The molecule has 3 rings (SSSR count). The van der Waals surface area contributed by atoms with Gasteiger partial charge in [0.25, 0.3) is 11.5 Å². The van der Waals surface area contributed by atoms with E-state index < -0.39 is 11.5 Å². The fourth-order valence-corrected chi connectivity index (χ4v) is 2.85. The topological polar surface area (TPSA) is 97.0 Å². The summed E-state index contributed by atoms with van der Waals surface area (Å²) in [6, 6.07) is 9.76. The molecule has 1 amide bonds. The van der Waals surface area contributed by atoms with Crippen LogP contribution in [0.3, 0.4) is 0 Å². The summed E-state index contributed by atoms with van der Waals surface area (Å²) in [4.78, 5) is 35.2. The summed E-state index contributed by atoms with van der Waals surface area (Å²) < 4.78 is 5.49. The Morgan fingerprint density at radius 1 is 1.31 bits per heavy atom. The van der Waals surface area contributed by atoms with Crippen LogP contribution in [-0.2, 0) is 11.3 Å². The zero-order chi connectivity index (χ0) is 18.4. The van der Waals surface area contributed by atoms with Gasteiger partial charge in [0, 0.05) is 18.1 Å². The predicted molar refractivity (Wildman–Crippen MR) is 99.1 cm³/mol. The Balaban J connectivity index is 1.51. The number of hydrogen-bond acceptors (Lipinski definition) is 6. The molecule has 0 aliphatic rings. The van der Waals surface area contributed by atoms with Gasteiger partial charge in [-0.2, -0.15) is 0 Å². The lowest BCUT2D eigenvalue weighted by Crippen LogP contribution is -2.32. The summed E-state index contributed by atoms with van der Waals surface area (Å²) in [5.74, 6) is -0.134. The first-order valence-corrected chi connectivity index (χ1v) is 8.93. The van der Waals surface area contributed by atoms with Gasteiger partial charge in [0.15, 0.2) is 5.82 Å². The quantitative estimate of drug-likeness (QED) is 0.621. The van der Waals surface area contributed by atoms with Crippen LogP contribution in [0.15, 0.2) is 46.7 Å². The van der Waals surface area contributed by atoms with E-state index in [1.165, 1.54) is 17.5 Å². The summed E-state index contributed by atoms with van der Waals surface area (Å²) in [5, 5.41) is 5.33. The third-order valence-corrected chi connectivity index (χ3v) is 4.32. The van der Waals surface area contributed by atoms with Crippen LogP contribution in [0.1, 0.15) is 20.9 Å². The van der Waals surface area contributed by atoms with Crippen molar-refractivity contribution in [1.29, 1.82) is 0 Å². The maximum Gasteiger partial charge on any atom is 0.264 e. The maximum atomic E-state index is 12.1. The first-order valence-electron chi connectivity index (χ1n) is 8.05. The lowest BCUT2D eigenvalue weighted by Gasteiger charge is -2.06. The molecule has 134 valence electrons. The molecule has 0 aliphatic heterocycles. The van der Waals surface area contributed by atoms with Crippen LogP contribution in [-0.4, -0.2) is 34.0 Å². The van der Waals surface area contributed by atoms with Crippen LogP contribution >= 0.6 is 11.3 Å². The van der Waals surface area contributed by atoms with Crippen LogP contribution in [0.2, 0.25) is 0 Å². The largest absolute Gasteiger partial charge is 0.375 e. The number of nitrogens with one attached hydrogen (secondary N) is 2. The van der Waals surface area contributed by atoms with E-state index in [1.807, 2.05) is 37.3 Å². The highest BCUT2D eigenvalue weighted by Crippen LogP contribution is 2.16. The highest BCUT2D eigenvalue weighted by Gasteiger charge is 2.13. The number of nitrogens with zero attached hydrogens (tertiary/aromatic N) is 2. The summed E-state index contributed by atoms with van der Waals surface area (Å²) in [5.41, 5.74) is 1.12. The van der Waals surface area contributed by atoms with Gasteiger partial charge in [0.2, 0.25) is 0 Å². The normalized spacial score (nSPS) is 10.7. The Kier molecular flexibility index (Phi) is 5.88. The molecule has 3 aromatic rings. The molecule has 0 aliphatic carbocycles. The SMILES string of the molecule is Cc1nc(-c2ncc(C(=O)NCCOCc3ccccc3)c(=O)[nH]2)cs1. The number of carbonyl (C=O) groups is 1. The summed E-state index contributed by atoms with van der Waals surface area (Å²) in [6.45, 7) is 2.99. The van der Waals surface area contributed by atoms with E-state index in [9.17, 15) is 9.59 Å². The summed E-state index contributed by atoms with van der Waals surface area (Å²) >= 11 is 1.46. The molecule has 7 nitrogen and oxygen atoms in total. The second-order valence-corrected chi connectivity index (χ2v) is 6.58. The van der Waals surface area contributed by atoms with Crippen LogP contribution in [0, 0.1) is 6.92 Å². The zero-order valence-electron chi connectivity index (χ0n) is 14.2. The first kappa shape index (κ1) is 18.0. The van der Waals surface area contributed by atoms with E-state index in [1.54, 1.807) is 5.38 Å². The van der Waals surface area contributed by atoms with Crippen molar-refractivity contribution in [2.24, 2.45) is 0 Å². The number of hydrogen-bond donors (Lipinski definition) is 2. The van der Waals surface area contributed by atoms with Gasteiger partial charge >= 0.3 is 0 Å². The number of H-pyrrole nitrogens is 1. The fourth-order valence-electron chi connectivity index (χ4n) is 2.26. The monoisotopic (exact) mass is 370 g/mol. The molecule has 0 radical (unpaired) electrons. The van der Waals surface area contributed by atoms with Crippen molar-refractivity contribution in [2.45, 2.75) is 13.5 Å². The second kappa shape index (κ2) is 8.50. The van der Waals surface area contributed by atoms with Crippen molar-refractivity contribution < 1.29 is 9.53 Å². The van der Waals surface area contributed by atoms with Gasteiger partial charge in [-0.1, -0.05) is 30.3 Å². The van der Waals surface area contributed by atoms with Crippen molar-refractivity contribution in [3.05, 3.63) is 68.4 Å². The summed E-state index contributed by atoms with van der Waals surface area (Å²) in [7, 11) is 0. The molecule has 2 N–H and O–H groups in total. The van der Waals surface area contributed by atoms with E-state index in [2.05, 4.69) is 20.3 Å². The van der Waals surface area contributed by atoms with Gasteiger partial charge in [-0.05, 0) is 12.5 Å². The van der Waals surface area contributed by atoms with Gasteiger partial charge in [-0.3, -0.25) is 9.59 Å². The Hall–Kier alpha value is -2.84. The molecule has 2 heterocycles. The summed E-state index contributed by atoms with van der Waals surface area (Å²) in [6.07, 6.45) is 1.27. The number of aromatic nitrogens is 3. The van der Waals surface area contributed by atoms with E-state index >= 15 is 0 Å². The minimum Gasteiger partial charge on any atom is -0.375 e. The second-order valence-electron chi connectivity index (χ2n) is 5.52. The molecule has 8 heteroatoms. The third-order valence-electron chi connectivity index (χ3n) is 3.55. The molecule has 0 saturated heterocycles. The number of aromatic amines is 1. The number of aryl methyl sites for hydroxylation is 1. The molecular formula is C18H18N4O3S. The molecule has 0 unspecified atom stereocenters. The lowest BCUT2D eigenvalue weighted by atomic mass is 10.2. The van der Waals surface area contributed by atoms with Crippen LogP contribution < -0.4 is 10.9 Å². The van der Waals surface area contributed by atoms with Gasteiger partial charge in [0.05, 0.1) is 18.2 Å². The predicted octanol–water partition coefficient (Wildman–Crippen LogP) is 2.15.